The topological polar surface area (TPSA) is 60.6 Å². The molecule has 1 aromatic heterocycles. The highest BCUT2D eigenvalue weighted by atomic mass is 35.5. The molecule has 0 aliphatic rings. The van der Waals surface area contributed by atoms with Crippen molar-refractivity contribution in [2.45, 2.75) is 6.92 Å². The summed E-state index contributed by atoms with van der Waals surface area (Å²) in [5.74, 6) is 0.510. The number of carbonyl (C=O) groups excluding carboxylic acids is 1. The molecule has 5 nitrogen and oxygen atoms in total. The number of fused-ring (bicyclic) bond motifs is 1. The van der Waals surface area contributed by atoms with E-state index in [9.17, 15) is 4.79 Å². The third-order valence-electron chi connectivity index (χ3n) is 2.70. The summed E-state index contributed by atoms with van der Waals surface area (Å²) >= 11 is 6.24. The lowest BCUT2D eigenvalue weighted by Gasteiger charge is -2.09. The van der Waals surface area contributed by atoms with E-state index in [-0.39, 0.29) is 0 Å². The number of aromatic nitrogens is 1. The van der Waals surface area contributed by atoms with Crippen LogP contribution in [0.25, 0.3) is 10.9 Å². The van der Waals surface area contributed by atoms with Crippen LogP contribution < -0.4 is 9.47 Å². The predicted molar refractivity (Wildman–Crippen MR) is 72.4 cm³/mol. The molecule has 0 saturated carbocycles. The van der Waals surface area contributed by atoms with Crippen LogP contribution in [0.15, 0.2) is 12.1 Å². The summed E-state index contributed by atoms with van der Waals surface area (Å²) in [5.41, 5.74) is 1.03. The van der Waals surface area contributed by atoms with Gasteiger partial charge in [0.25, 0.3) is 0 Å². The molecule has 102 valence electrons. The first-order valence-corrected chi connectivity index (χ1v) is 6.10. The Bertz CT molecular complexity index is 621. The molecule has 0 unspecified atom stereocenters. The summed E-state index contributed by atoms with van der Waals surface area (Å²) in [5, 5.41) is 1.08. The zero-order valence-corrected chi connectivity index (χ0v) is 11.6. The van der Waals surface area contributed by atoms with Gasteiger partial charge in [0.2, 0.25) is 0 Å². The van der Waals surface area contributed by atoms with Crippen LogP contribution in [-0.4, -0.2) is 31.8 Å². The van der Waals surface area contributed by atoms with Crippen molar-refractivity contribution in [3.8, 4) is 11.5 Å². The molecule has 6 heteroatoms. The zero-order valence-electron chi connectivity index (χ0n) is 10.9. The van der Waals surface area contributed by atoms with Crippen molar-refractivity contribution >= 4 is 28.5 Å². The van der Waals surface area contributed by atoms with E-state index in [0.29, 0.717) is 39.7 Å². The van der Waals surface area contributed by atoms with Gasteiger partial charge < -0.3 is 19.2 Å². The smallest absolute Gasteiger partial charge is 0.354 e. The van der Waals surface area contributed by atoms with Crippen molar-refractivity contribution < 1.29 is 19.0 Å². The Morgan fingerprint density at radius 2 is 2.05 bits per heavy atom. The first-order valence-electron chi connectivity index (χ1n) is 5.72. The second-order valence-corrected chi connectivity index (χ2v) is 4.17. The fraction of sp³-hybridized carbons (Fsp3) is 0.308. The van der Waals surface area contributed by atoms with Crippen LogP contribution in [0.4, 0.5) is 0 Å². The first-order chi connectivity index (χ1) is 9.12. The number of ether oxygens (including phenoxy) is 3. The molecule has 0 aliphatic heterocycles. The minimum Gasteiger partial charge on any atom is -0.493 e. The highest BCUT2D eigenvalue weighted by Crippen LogP contribution is 2.41. The summed E-state index contributed by atoms with van der Waals surface area (Å²) in [6.07, 6.45) is 0. The maximum atomic E-state index is 11.7. The van der Waals surface area contributed by atoms with Crippen molar-refractivity contribution in [3.63, 3.8) is 0 Å². The molecule has 1 aromatic carbocycles. The van der Waals surface area contributed by atoms with E-state index in [1.165, 1.54) is 14.2 Å². The van der Waals surface area contributed by atoms with Gasteiger partial charge in [0.05, 0.1) is 31.4 Å². The molecule has 0 radical (unpaired) electrons. The number of carbonyl (C=O) groups is 1. The van der Waals surface area contributed by atoms with Crippen LogP contribution in [0.1, 0.15) is 17.4 Å². The molecule has 2 rings (SSSR count). The predicted octanol–water partition coefficient (Wildman–Crippen LogP) is 3.02. The number of esters is 1. The number of rotatable bonds is 4. The first kappa shape index (κ1) is 13.5. The van der Waals surface area contributed by atoms with Crippen LogP contribution >= 0.6 is 11.6 Å². The molecule has 0 atom stereocenters. The van der Waals surface area contributed by atoms with Crippen LogP contribution in [0.2, 0.25) is 5.02 Å². The summed E-state index contributed by atoms with van der Waals surface area (Å²) in [4.78, 5) is 14.6. The van der Waals surface area contributed by atoms with Crippen molar-refractivity contribution in [1.29, 1.82) is 0 Å². The number of aromatic amines is 1. The molecule has 0 amide bonds. The summed E-state index contributed by atoms with van der Waals surface area (Å²) in [7, 11) is 3.03. The van der Waals surface area contributed by atoms with Gasteiger partial charge in [-0.15, -0.1) is 0 Å². The zero-order chi connectivity index (χ0) is 14.0. The summed E-state index contributed by atoms with van der Waals surface area (Å²) in [6.45, 7) is 2.06. The van der Waals surface area contributed by atoms with E-state index >= 15 is 0 Å². The molecule has 0 fully saturated rings. The van der Waals surface area contributed by atoms with Crippen molar-refractivity contribution in [2.75, 3.05) is 20.8 Å². The van der Waals surface area contributed by atoms with Crippen LogP contribution in [0.3, 0.4) is 0 Å². The summed E-state index contributed by atoms with van der Waals surface area (Å²) < 4.78 is 15.3. The average molecular weight is 284 g/mol. The quantitative estimate of drug-likeness (QED) is 0.876. The molecule has 2 aromatic rings. The molecule has 0 saturated heterocycles. The number of hydrogen-bond acceptors (Lipinski definition) is 4. The molecule has 19 heavy (non-hydrogen) atoms. The Morgan fingerprint density at radius 3 is 2.63 bits per heavy atom. The van der Waals surface area contributed by atoms with Gasteiger partial charge in [-0.05, 0) is 13.0 Å². The van der Waals surface area contributed by atoms with Gasteiger partial charge in [0.15, 0.2) is 11.5 Å². The standard InChI is InChI=1S/C13H14ClNO4/c1-4-19-13(16)9-5-7-8(15-9)6-10(17-2)12(18-3)11(7)14/h5-6,15H,4H2,1-3H3. The third kappa shape index (κ3) is 2.33. The minimum atomic E-state index is -0.423. The van der Waals surface area contributed by atoms with E-state index in [2.05, 4.69) is 4.98 Å². The Hall–Kier alpha value is -1.88. The molecular weight excluding hydrogens is 270 g/mol. The van der Waals surface area contributed by atoms with Crippen molar-refractivity contribution in [1.82, 2.24) is 4.98 Å². The maximum absolute atomic E-state index is 11.7. The van der Waals surface area contributed by atoms with Crippen LogP contribution in [0.5, 0.6) is 11.5 Å². The lowest BCUT2D eigenvalue weighted by atomic mass is 10.2. The second-order valence-electron chi connectivity index (χ2n) is 3.79. The number of H-pyrrole nitrogens is 1. The number of nitrogens with one attached hydrogen (secondary N) is 1. The van der Waals surface area contributed by atoms with Gasteiger partial charge in [0, 0.05) is 11.5 Å². The van der Waals surface area contributed by atoms with Crippen molar-refractivity contribution in [2.24, 2.45) is 0 Å². The van der Waals surface area contributed by atoms with Gasteiger partial charge in [-0.3, -0.25) is 0 Å². The summed E-state index contributed by atoms with van der Waals surface area (Å²) in [6, 6.07) is 3.36. The SMILES string of the molecule is CCOC(=O)c1cc2c(Cl)c(OC)c(OC)cc2[nH]1. The normalized spacial score (nSPS) is 10.5. The van der Waals surface area contributed by atoms with Gasteiger partial charge in [-0.1, -0.05) is 11.6 Å². The van der Waals surface area contributed by atoms with Gasteiger partial charge >= 0.3 is 5.97 Å². The highest BCUT2D eigenvalue weighted by molar-refractivity contribution is 6.37. The minimum absolute atomic E-state index is 0.314. The monoisotopic (exact) mass is 283 g/mol. The van der Waals surface area contributed by atoms with E-state index < -0.39 is 5.97 Å². The van der Waals surface area contributed by atoms with E-state index in [1.807, 2.05) is 0 Å². The van der Waals surface area contributed by atoms with Gasteiger partial charge in [0.1, 0.15) is 5.69 Å². The Morgan fingerprint density at radius 1 is 1.32 bits per heavy atom. The molecular formula is C13H14ClNO4. The van der Waals surface area contributed by atoms with E-state index in [1.54, 1.807) is 19.1 Å². The lowest BCUT2D eigenvalue weighted by molar-refractivity contribution is 0.0520. The number of methoxy groups -OCH3 is 2. The van der Waals surface area contributed by atoms with Crippen LogP contribution in [-0.2, 0) is 4.74 Å². The van der Waals surface area contributed by atoms with Gasteiger partial charge in [-0.2, -0.15) is 0 Å². The Labute approximate surface area is 115 Å². The average Bonchev–Trinajstić information content (AvgIpc) is 2.83. The molecule has 0 spiro atoms. The third-order valence-corrected chi connectivity index (χ3v) is 3.08. The number of benzene rings is 1. The number of hydrogen-bond donors (Lipinski definition) is 1. The van der Waals surface area contributed by atoms with E-state index in [0.717, 1.165) is 0 Å². The van der Waals surface area contributed by atoms with Crippen LogP contribution in [0, 0.1) is 0 Å². The lowest BCUT2D eigenvalue weighted by Crippen LogP contribution is -2.04. The maximum Gasteiger partial charge on any atom is 0.354 e. The molecule has 0 aliphatic carbocycles. The van der Waals surface area contributed by atoms with Crippen molar-refractivity contribution in [3.05, 3.63) is 22.8 Å². The van der Waals surface area contributed by atoms with Gasteiger partial charge in [-0.25, -0.2) is 4.79 Å². The fourth-order valence-electron chi connectivity index (χ4n) is 1.85. The largest absolute Gasteiger partial charge is 0.493 e. The highest BCUT2D eigenvalue weighted by Gasteiger charge is 2.18. The number of halogens is 1. The Kier molecular flexibility index (Phi) is 3.85. The second kappa shape index (κ2) is 5.40. The Balaban J connectivity index is 2.59. The molecule has 1 heterocycles. The molecule has 1 N–H and O–H groups in total. The fourth-order valence-corrected chi connectivity index (χ4v) is 2.18. The van der Waals surface area contributed by atoms with E-state index in [4.69, 9.17) is 25.8 Å². The molecule has 0 bridgehead atoms.